The fourth-order valence-corrected chi connectivity index (χ4v) is 2.48. The Morgan fingerprint density at radius 1 is 1.14 bits per heavy atom. The van der Waals surface area contributed by atoms with Gasteiger partial charge in [0.2, 0.25) is 0 Å². The Balaban J connectivity index is 1.85. The smallest absolute Gasteiger partial charge is 0.123 e. The number of rotatable bonds is 6. The molecule has 0 fully saturated rings. The van der Waals surface area contributed by atoms with Crippen LogP contribution in [0.25, 0.3) is 0 Å². The summed E-state index contributed by atoms with van der Waals surface area (Å²) in [5.74, 6) is -0.218. The van der Waals surface area contributed by atoms with Crippen LogP contribution in [0, 0.1) is 5.82 Å². The van der Waals surface area contributed by atoms with Crippen molar-refractivity contribution in [2.45, 2.75) is 13.0 Å². The van der Waals surface area contributed by atoms with Crippen molar-refractivity contribution in [3.63, 3.8) is 0 Å². The molecule has 2 aromatic carbocycles. The third kappa shape index (κ3) is 4.45. The number of benzene rings is 2. The monoisotopic (exact) mass is 306 g/mol. The molecule has 0 bridgehead atoms. The number of likely N-dealkylation sites (N-methyl/N-ethyl adjacent to an activating group) is 1. The maximum Gasteiger partial charge on any atom is 0.123 e. The molecule has 1 atom stereocenters. The molecule has 0 aliphatic heterocycles. The second-order valence-corrected chi connectivity index (χ2v) is 5.52. The van der Waals surface area contributed by atoms with Gasteiger partial charge in [0.1, 0.15) is 5.82 Å². The van der Waals surface area contributed by atoms with Crippen LogP contribution in [0.5, 0.6) is 0 Å². The van der Waals surface area contributed by atoms with E-state index >= 15 is 0 Å². The molecule has 0 amide bonds. The van der Waals surface area contributed by atoms with E-state index in [-0.39, 0.29) is 11.9 Å². The van der Waals surface area contributed by atoms with Crippen LogP contribution >= 0.6 is 11.6 Å². The molecule has 2 aromatic rings. The molecule has 0 aliphatic rings. The van der Waals surface area contributed by atoms with E-state index in [0.29, 0.717) is 0 Å². The zero-order valence-corrected chi connectivity index (χ0v) is 13.1. The van der Waals surface area contributed by atoms with Crippen molar-refractivity contribution in [1.82, 2.24) is 4.90 Å². The van der Waals surface area contributed by atoms with Gasteiger partial charge in [-0.1, -0.05) is 29.8 Å². The molecule has 0 heterocycles. The van der Waals surface area contributed by atoms with Crippen LogP contribution in [-0.4, -0.2) is 25.0 Å². The van der Waals surface area contributed by atoms with Crippen molar-refractivity contribution < 1.29 is 4.39 Å². The molecule has 0 saturated heterocycles. The molecule has 0 saturated carbocycles. The second kappa shape index (κ2) is 7.43. The number of nitrogens with zero attached hydrogens (tertiary/aromatic N) is 1. The summed E-state index contributed by atoms with van der Waals surface area (Å²) in [6, 6.07) is 14.6. The van der Waals surface area contributed by atoms with Gasteiger partial charge in [-0.15, -0.1) is 0 Å². The predicted molar refractivity (Wildman–Crippen MR) is 87.4 cm³/mol. The quantitative estimate of drug-likeness (QED) is 0.840. The Morgan fingerprint density at radius 2 is 1.81 bits per heavy atom. The number of nitrogens with one attached hydrogen (secondary N) is 1. The number of hydrogen-bond donors (Lipinski definition) is 1. The Hall–Kier alpha value is -1.58. The first-order valence-electron chi connectivity index (χ1n) is 7.02. The van der Waals surface area contributed by atoms with Gasteiger partial charge >= 0.3 is 0 Å². The lowest BCUT2D eigenvalue weighted by Gasteiger charge is -2.26. The lowest BCUT2D eigenvalue weighted by atomic mass is 10.1. The third-order valence-corrected chi connectivity index (χ3v) is 4.00. The fourth-order valence-electron chi connectivity index (χ4n) is 2.19. The summed E-state index contributed by atoms with van der Waals surface area (Å²) in [5.41, 5.74) is 2.05. The highest BCUT2D eigenvalue weighted by Gasteiger charge is 2.13. The lowest BCUT2D eigenvalue weighted by Crippen LogP contribution is -2.28. The van der Waals surface area contributed by atoms with Crippen molar-refractivity contribution >= 4 is 17.3 Å². The highest BCUT2D eigenvalue weighted by Crippen LogP contribution is 2.25. The van der Waals surface area contributed by atoms with E-state index in [4.69, 9.17) is 11.6 Å². The second-order valence-electron chi connectivity index (χ2n) is 5.11. The van der Waals surface area contributed by atoms with Gasteiger partial charge < -0.3 is 5.32 Å². The van der Waals surface area contributed by atoms with Crippen molar-refractivity contribution in [1.29, 1.82) is 0 Å². The van der Waals surface area contributed by atoms with Gasteiger partial charge in [-0.2, -0.15) is 0 Å². The first kappa shape index (κ1) is 15.8. The van der Waals surface area contributed by atoms with Gasteiger partial charge in [-0.25, -0.2) is 4.39 Å². The van der Waals surface area contributed by atoms with Gasteiger partial charge in [0.25, 0.3) is 0 Å². The van der Waals surface area contributed by atoms with Crippen LogP contribution in [0.1, 0.15) is 18.5 Å². The summed E-state index contributed by atoms with van der Waals surface area (Å²) in [6.45, 7) is 3.79. The van der Waals surface area contributed by atoms with Gasteiger partial charge in [0.15, 0.2) is 0 Å². The Morgan fingerprint density at radius 3 is 2.48 bits per heavy atom. The molecule has 2 nitrogen and oxygen atoms in total. The highest BCUT2D eigenvalue weighted by molar-refractivity contribution is 6.31. The maximum atomic E-state index is 12.8. The van der Waals surface area contributed by atoms with E-state index in [0.717, 1.165) is 29.4 Å². The average Bonchev–Trinajstić information content (AvgIpc) is 2.49. The average molecular weight is 307 g/mol. The summed E-state index contributed by atoms with van der Waals surface area (Å²) in [6.07, 6.45) is 0. The minimum absolute atomic E-state index is 0.218. The summed E-state index contributed by atoms with van der Waals surface area (Å²) >= 11 is 6.23. The molecule has 0 aromatic heterocycles. The van der Waals surface area contributed by atoms with E-state index in [9.17, 15) is 4.39 Å². The van der Waals surface area contributed by atoms with Crippen LogP contribution in [0.15, 0.2) is 48.5 Å². The SMILES string of the molecule is CC(c1ccccc1Cl)N(C)CCNc1ccc(F)cc1. The molecule has 21 heavy (non-hydrogen) atoms. The minimum atomic E-state index is -0.218. The number of anilines is 1. The van der Waals surface area contributed by atoms with Gasteiger partial charge in [-0.3, -0.25) is 4.90 Å². The molecular weight excluding hydrogens is 287 g/mol. The summed E-state index contributed by atoms with van der Waals surface area (Å²) in [5, 5.41) is 4.08. The summed E-state index contributed by atoms with van der Waals surface area (Å²) in [7, 11) is 2.07. The topological polar surface area (TPSA) is 15.3 Å². The molecule has 4 heteroatoms. The van der Waals surface area contributed by atoms with E-state index in [1.54, 1.807) is 12.1 Å². The first-order valence-corrected chi connectivity index (χ1v) is 7.40. The molecule has 0 aliphatic carbocycles. The first-order chi connectivity index (χ1) is 10.1. The summed E-state index contributed by atoms with van der Waals surface area (Å²) < 4.78 is 12.8. The van der Waals surface area contributed by atoms with Gasteiger partial charge in [-0.05, 0) is 49.9 Å². The molecule has 1 N–H and O–H groups in total. The van der Waals surface area contributed by atoms with E-state index < -0.39 is 0 Å². The van der Waals surface area contributed by atoms with E-state index in [1.807, 2.05) is 18.2 Å². The Kier molecular flexibility index (Phi) is 5.59. The van der Waals surface area contributed by atoms with Crippen molar-refractivity contribution in [3.05, 3.63) is 64.9 Å². The highest BCUT2D eigenvalue weighted by atomic mass is 35.5. The van der Waals surface area contributed by atoms with Crippen LogP contribution < -0.4 is 5.32 Å². The minimum Gasteiger partial charge on any atom is -0.384 e. The lowest BCUT2D eigenvalue weighted by molar-refractivity contribution is 0.272. The summed E-state index contributed by atoms with van der Waals surface area (Å²) in [4.78, 5) is 2.23. The fraction of sp³-hybridized carbons (Fsp3) is 0.294. The van der Waals surface area contributed by atoms with Crippen LogP contribution in [0.4, 0.5) is 10.1 Å². The standard InChI is InChI=1S/C17H20ClFN2/c1-13(16-5-3-4-6-17(16)18)21(2)12-11-20-15-9-7-14(19)8-10-15/h3-10,13,20H,11-12H2,1-2H3. The number of hydrogen-bond acceptors (Lipinski definition) is 2. The zero-order chi connectivity index (χ0) is 15.2. The maximum absolute atomic E-state index is 12.8. The molecule has 0 radical (unpaired) electrons. The van der Waals surface area contributed by atoms with Crippen LogP contribution in [0.2, 0.25) is 5.02 Å². The number of halogens is 2. The molecule has 112 valence electrons. The largest absolute Gasteiger partial charge is 0.384 e. The van der Waals surface area contributed by atoms with Crippen molar-refractivity contribution in [3.8, 4) is 0 Å². The Labute approximate surface area is 130 Å². The molecule has 1 unspecified atom stereocenters. The molecular formula is C17H20ClFN2. The van der Waals surface area contributed by atoms with Crippen molar-refractivity contribution in [2.24, 2.45) is 0 Å². The van der Waals surface area contributed by atoms with E-state index in [2.05, 4.69) is 30.3 Å². The van der Waals surface area contributed by atoms with Crippen molar-refractivity contribution in [2.75, 3.05) is 25.5 Å². The van der Waals surface area contributed by atoms with Gasteiger partial charge in [0.05, 0.1) is 0 Å². The zero-order valence-electron chi connectivity index (χ0n) is 12.3. The van der Waals surface area contributed by atoms with E-state index in [1.165, 1.54) is 12.1 Å². The Bertz CT molecular complexity index is 571. The molecule has 2 rings (SSSR count). The van der Waals surface area contributed by atoms with Gasteiger partial charge in [0, 0.05) is 29.8 Å². The van der Waals surface area contributed by atoms with Crippen LogP contribution in [-0.2, 0) is 0 Å². The normalized spacial score (nSPS) is 12.4. The third-order valence-electron chi connectivity index (χ3n) is 3.65. The predicted octanol–water partition coefficient (Wildman–Crippen LogP) is 4.58. The van der Waals surface area contributed by atoms with Crippen LogP contribution in [0.3, 0.4) is 0 Å². The molecule has 0 spiro atoms.